The van der Waals surface area contributed by atoms with E-state index in [2.05, 4.69) is 16.6 Å². The lowest BCUT2D eigenvalue weighted by molar-refractivity contribution is 0.0956. The van der Waals surface area contributed by atoms with Gasteiger partial charge in [-0.1, -0.05) is 66.7 Å². The number of aromatic nitrogens is 2. The van der Waals surface area contributed by atoms with E-state index in [1.807, 2.05) is 96.7 Å². The molecule has 5 heteroatoms. The van der Waals surface area contributed by atoms with Crippen molar-refractivity contribution in [2.24, 2.45) is 12.1 Å². The van der Waals surface area contributed by atoms with E-state index in [0.717, 1.165) is 38.6 Å². The highest BCUT2D eigenvalue weighted by atomic mass is 16.2. The third-order valence-corrected chi connectivity index (χ3v) is 5.33. The molecule has 0 aliphatic heterocycles. The molecule has 150 valence electrons. The SMILES string of the molecule is Cn1cc(/C=N\NC(=O)c2cc(-c3ccccc3)nc3ccccc23)c2ccccc21. The van der Waals surface area contributed by atoms with Crippen LogP contribution in [0.25, 0.3) is 33.1 Å². The summed E-state index contributed by atoms with van der Waals surface area (Å²) in [4.78, 5) is 17.8. The number of hydrogen-bond acceptors (Lipinski definition) is 3. The number of hydrazone groups is 1. The van der Waals surface area contributed by atoms with Crippen LogP contribution in [0, 0.1) is 0 Å². The zero-order valence-electron chi connectivity index (χ0n) is 17.0. The average Bonchev–Trinajstić information content (AvgIpc) is 3.14. The molecule has 1 N–H and O–H groups in total. The number of hydrogen-bond donors (Lipinski definition) is 1. The van der Waals surface area contributed by atoms with Crippen LogP contribution < -0.4 is 5.43 Å². The van der Waals surface area contributed by atoms with Gasteiger partial charge in [0.1, 0.15) is 0 Å². The molecule has 2 aromatic heterocycles. The quantitative estimate of drug-likeness (QED) is 0.332. The van der Waals surface area contributed by atoms with Crippen molar-refractivity contribution in [1.29, 1.82) is 0 Å². The zero-order valence-corrected chi connectivity index (χ0v) is 17.0. The minimum Gasteiger partial charge on any atom is -0.350 e. The smallest absolute Gasteiger partial charge is 0.272 e. The highest BCUT2D eigenvalue weighted by Crippen LogP contribution is 2.25. The van der Waals surface area contributed by atoms with E-state index in [9.17, 15) is 4.79 Å². The lowest BCUT2D eigenvalue weighted by Crippen LogP contribution is -2.18. The maximum Gasteiger partial charge on any atom is 0.272 e. The molecule has 0 aliphatic rings. The fraction of sp³-hybridized carbons (Fsp3) is 0.0385. The van der Waals surface area contributed by atoms with E-state index in [0.29, 0.717) is 5.56 Å². The van der Waals surface area contributed by atoms with Gasteiger partial charge in [0, 0.05) is 40.7 Å². The standard InChI is InChI=1S/C26H20N4O/c1-30-17-19(20-11-6-8-14-25(20)30)16-27-29-26(31)22-15-24(18-9-3-2-4-10-18)28-23-13-7-5-12-21(22)23/h2-17H,1H3,(H,29,31)/b27-16-. The third kappa shape index (κ3) is 3.57. The van der Waals surface area contributed by atoms with Gasteiger partial charge >= 0.3 is 0 Å². The van der Waals surface area contributed by atoms with Crippen molar-refractivity contribution < 1.29 is 4.79 Å². The highest BCUT2D eigenvalue weighted by Gasteiger charge is 2.13. The number of fused-ring (bicyclic) bond motifs is 2. The molecule has 0 unspecified atom stereocenters. The molecule has 3 aromatic carbocycles. The van der Waals surface area contributed by atoms with Gasteiger partial charge in [-0.05, 0) is 18.2 Å². The summed E-state index contributed by atoms with van der Waals surface area (Å²) in [6.07, 6.45) is 3.68. The van der Waals surface area contributed by atoms with Crippen LogP contribution in [0.4, 0.5) is 0 Å². The van der Waals surface area contributed by atoms with Crippen molar-refractivity contribution in [3.05, 3.63) is 102 Å². The van der Waals surface area contributed by atoms with Crippen LogP contribution in [0.3, 0.4) is 0 Å². The summed E-state index contributed by atoms with van der Waals surface area (Å²) in [5, 5.41) is 6.11. The Balaban J connectivity index is 1.48. The number of nitrogens with one attached hydrogen (secondary N) is 1. The Bertz CT molecular complexity index is 1430. The molecule has 0 spiro atoms. The summed E-state index contributed by atoms with van der Waals surface area (Å²) >= 11 is 0. The topological polar surface area (TPSA) is 59.3 Å². The molecular weight excluding hydrogens is 384 g/mol. The molecule has 2 heterocycles. The summed E-state index contributed by atoms with van der Waals surface area (Å²) in [6, 6.07) is 27.4. The van der Waals surface area contributed by atoms with Gasteiger partial charge in [-0.25, -0.2) is 10.4 Å². The lowest BCUT2D eigenvalue weighted by Gasteiger charge is -2.09. The lowest BCUT2D eigenvalue weighted by atomic mass is 10.0. The van der Waals surface area contributed by atoms with E-state index in [1.54, 1.807) is 6.21 Å². The second-order valence-corrected chi connectivity index (χ2v) is 7.35. The summed E-state index contributed by atoms with van der Waals surface area (Å²) in [7, 11) is 1.99. The van der Waals surface area contributed by atoms with Crippen molar-refractivity contribution in [2.75, 3.05) is 0 Å². The zero-order chi connectivity index (χ0) is 21.2. The number of aryl methyl sites for hydroxylation is 1. The number of rotatable bonds is 4. The third-order valence-electron chi connectivity index (χ3n) is 5.33. The van der Waals surface area contributed by atoms with Crippen molar-refractivity contribution in [1.82, 2.24) is 15.0 Å². The van der Waals surface area contributed by atoms with E-state index in [1.165, 1.54) is 0 Å². The summed E-state index contributed by atoms with van der Waals surface area (Å²) < 4.78 is 2.04. The van der Waals surface area contributed by atoms with Crippen LogP contribution in [-0.4, -0.2) is 21.7 Å². The Kier molecular flexibility index (Phi) is 4.77. The van der Waals surface area contributed by atoms with Crippen LogP contribution in [0.2, 0.25) is 0 Å². The fourth-order valence-electron chi connectivity index (χ4n) is 3.82. The second-order valence-electron chi connectivity index (χ2n) is 7.35. The molecule has 0 bridgehead atoms. The first-order valence-corrected chi connectivity index (χ1v) is 10.0. The van der Waals surface area contributed by atoms with Gasteiger partial charge in [0.05, 0.1) is 23.0 Å². The van der Waals surface area contributed by atoms with Gasteiger partial charge in [-0.15, -0.1) is 0 Å². The van der Waals surface area contributed by atoms with Crippen LogP contribution in [-0.2, 0) is 7.05 Å². The molecule has 0 radical (unpaired) electrons. The number of pyridine rings is 1. The number of nitrogens with zero attached hydrogens (tertiary/aromatic N) is 3. The number of amides is 1. The molecule has 5 aromatic rings. The molecule has 5 rings (SSSR count). The molecule has 0 aliphatic carbocycles. The largest absolute Gasteiger partial charge is 0.350 e. The second kappa shape index (κ2) is 7.88. The molecule has 0 saturated carbocycles. The highest BCUT2D eigenvalue weighted by molar-refractivity contribution is 6.07. The summed E-state index contributed by atoms with van der Waals surface area (Å²) in [5.41, 5.74) is 7.77. The van der Waals surface area contributed by atoms with Crippen molar-refractivity contribution in [3.63, 3.8) is 0 Å². The van der Waals surface area contributed by atoms with Gasteiger partial charge in [-0.2, -0.15) is 5.10 Å². The Labute approximate surface area is 179 Å². The fourth-order valence-corrected chi connectivity index (χ4v) is 3.82. The maximum atomic E-state index is 13.0. The van der Waals surface area contributed by atoms with E-state index in [-0.39, 0.29) is 5.91 Å². The Morgan fingerprint density at radius 1 is 0.935 bits per heavy atom. The minimum absolute atomic E-state index is 0.271. The van der Waals surface area contributed by atoms with Gasteiger partial charge in [0.15, 0.2) is 0 Å². The van der Waals surface area contributed by atoms with Gasteiger partial charge in [-0.3, -0.25) is 4.79 Å². The summed E-state index contributed by atoms with van der Waals surface area (Å²) in [6.45, 7) is 0. The van der Waals surface area contributed by atoms with Gasteiger partial charge < -0.3 is 4.57 Å². The number of para-hydroxylation sites is 2. The Hall–Kier alpha value is -4.25. The normalized spacial score (nSPS) is 11.4. The molecule has 0 atom stereocenters. The Morgan fingerprint density at radius 3 is 2.48 bits per heavy atom. The van der Waals surface area contributed by atoms with E-state index >= 15 is 0 Å². The first kappa shape index (κ1) is 18.8. The molecule has 5 nitrogen and oxygen atoms in total. The molecule has 0 fully saturated rings. The van der Waals surface area contributed by atoms with Crippen LogP contribution in [0.5, 0.6) is 0 Å². The molecular formula is C26H20N4O. The van der Waals surface area contributed by atoms with Crippen LogP contribution in [0.15, 0.2) is 96.2 Å². The van der Waals surface area contributed by atoms with Crippen molar-refractivity contribution >= 4 is 33.9 Å². The maximum absolute atomic E-state index is 13.0. The van der Waals surface area contributed by atoms with Crippen LogP contribution >= 0.6 is 0 Å². The predicted octanol–water partition coefficient (Wildman–Crippen LogP) is 5.16. The first-order chi connectivity index (χ1) is 15.2. The number of carbonyl (C=O) groups is 1. The summed E-state index contributed by atoms with van der Waals surface area (Å²) in [5.74, 6) is -0.271. The number of carbonyl (C=O) groups excluding carboxylic acids is 1. The Morgan fingerprint density at radius 2 is 1.65 bits per heavy atom. The minimum atomic E-state index is -0.271. The molecule has 1 amide bonds. The first-order valence-electron chi connectivity index (χ1n) is 10.0. The van der Waals surface area contributed by atoms with Gasteiger partial charge in [0.2, 0.25) is 0 Å². The number of benzene rings is 3. The van der Waals surface area contributed by atoms with E-state index < -0.39 is 0 Å². The van der Waals surface area contributed by atoms with E-state index in [4.69, 9.17) is 4.98 Å². The average molecular weight is 404 g/mol. The predicted molar refractivity (Wildman–Crippen MR) is 125 cm³/mol. The molecule has 31 heavy (non-hydrogen) atoms. The van der Waals surface area contributed by atoms with Crippen LogP contribution in [0.1, 0.15) is 15.9 Å². The van der Waals surface area contributed by atoms with Gasteiger partial charge in [0.25, 0.3) is 5.91 Å². The molecule has 0 saturated heterocycles. The van der Waals surface area contributed by atoms with Crippen molar-refractivity contribution in [3.8, 4) is 11.3 Å². The monoisotopic (exact) mass is 404 g/mol. The van der Waals surface area contributed by atoms with Crippen molar-refractivity contribution in [2.45, 2.75) is 0 Å².